The van der Waals surface area contributed by atoms with Gasteiger partial charge in [-0.15, -0.1) is 0 Å². The van der Waals surface area contributed by atoms with Gasteiger partial charge in [-0.25, -0.2) is 14.8 Å². The summed E-state index contributed by atoms with van der Waals surface area (Å²) < 4.78 is 17.0. The van der Waals surface area contributed by atoms with Crippen molar-refractivity contribution in [2.24, 2.45) is 0 Å². The molecule has 1 N–H and O–H groups in total. The van der Waals surface area contributed by atoms with Gasteiger partial charge in [0, 0.05) is 54.1 Å². The number of ether oxygens (including phenoxy) is 3. The first-order valence-electron chi connectivity index (χ1n) is 20.9. The maximum absolute atomic E-state index is 12.9. The molecule has 1 amide bonds. The van der Waals surface area contributed by atoms with E-state index in [1.165, 1.54) is 5.57 Å². The van der Waals surface area contributed by atoms with E-state index in [0.717, 1.165) is 97.4 Å². The van der Waals surface area contributed by atoms with Gasteiger partial charge in [-0.2, -0.15) is 0 Å². The first kappa shape index (κ1) is 39.6. The molecule has 4 aliphatic carbocycles. The predicted molar refractivity (Wildman–Crippen MR) is 239 cm³/mol. The summed E-state index contributed by atoms with van der Waals surface area (Å²) in [5.41, 5.74) is 15.0. The number of Topliss-reactive ketones (excluding diaryl/α,β-unsaturated/α-hetero) is 2. The number of benzene rings is 2. The number of aromatic nitrogens is 2. The van der Waals surface area contributed by atoms with E-state index in [2.05, 4.69) is 64.7 Å². The summed E-state index contributed by atoms with van der Waals surface area (Å²) in [6.45, 7) is 11.8. The van der Waals surface area contributed by atoms with Crippen LogP contribution >= 0.6 is 0 Å². The summed E-state index contributed by atoms with van der Waals surface area (Å²) in [6, 6.07) is 12.4. The quantitative estimate of drug-likeness (QED) is 0.201. The third-order valence-corrected chi connectivity index (χ3v) is 11.6. The number of nitrogens with zero attached hydrogens (tertiary/aromatic N) is 3. The molecule has 0 radical (unpaired) electrons. The zero-order valence-corrected chi connectivity index (χ0v) is 35.2. The van der Waals surface area contributed by atoms with Crippen LogP contribution in [-0.2, 0) is 27.2 Å². The first-order chi connectivity index (χ1) is 29.4. The van der Waals surface area contributed by atoms with Crippen molar-refractivity contribution in [2.45, 2.75) is 65.9 Å². The van der Waals surface area contributed by atoms with Gasteiger partial charge in [-0.05, 0) is 127 Å². The molecule has 10 rings (SSSR count). The molecule has 0 unspecified atom stereocenters. The van der Waals surface area contributed by atoms with Crippen LogP contribution in [0.4, 0.5) is 16.2 Å². The highest BCUT2D eigenvalue weighted by molar-refractivity contribution is 6.26. The Balaban J connectivity index is 0.000000160. The van der Waals surface area contributed by atoms with Gasteiger partial charge in [0.25, 0.3) is 0 Å². The zero-order chi connectivity index (χ0) is 42.4. The molecule has 61 heavy (non-hydrogen) atoms. The fourth-order valence-corrected chi connectivity index (χ4v) is 8.60. The van der Waals surface area contributed by atoms with Crippen LogP contribution in [0, 0.1) is 13.8 Å². The van der Waals surface area contributed by atoms with Crippen molar-refractivity contribution in [1.29, 1.82) is 0 Å². The number of hydrogen-bond donors (Lipinski definition) is 1. The minimum atomic E-state index is -0.603. The lowest BCUT2D eigenvalue weighted by molar-refractivity contribution is -0.113. The Hall–Kier alpha value is -6.81. The van der Waals surface area contributed by atoms with E-state index in [0.29, 0.717) is 50.0 Å². The number of fused-ring (bicyclic) bond motifs is 4. The van der Waals surface area contributed by atoms with Crippen LogP contribution in [0.1, 0.15) is 67.0 Å². The average molecular weight is 813 g/mol. The van der Waals surface area contributed by atoms with Crippen LogP contribution in [0.2, 0.25) is 0 Å². The van der Waals surface area contributed by atoms with Crippen molar-refractivity contribution in [3.63, 3.8) is 0 Å². The summed E-state index contributed by atoms with van der Waals surface area (Å²) in [6.07, 6.45) is 22.3. The molecule has 2 aliphatic heterocycles. The number of carbonyl (C=O) groups excluding carboxylic acids is 3. The molecule has 0 fully saturated rings. The number of allylic oxidation sites excluding steroid dienone is 12. The Morgan fingerprint density at radius 2 is 1.31 bits per heavy atom. The number of ketones is 2. The Morgan fingerprint density at radius 3 is 1.87 bits per heavy atom. The van der Waals surface area contributed by atoms with Crippen LogP contribution in [0.3, 0.4) is 0 Å². The molecule has 0 saturated carbocycles. The summed E-state index contributed by atoms with van der Waals surface area (Å²) in [5.74, 6) is 1.44. The monoisotopic (exact) mass is 812 g/mol. The van der Waals surface area contributed by atoms with E-state index in [4.69, 9.17) is 14.2 Å². The van der Waals surface area contributed by atoms with E-state index < -0.39 is 11.7 Å². The maximum atomic E-state index is 12.9. The van der Waals surface area contributed by atoms with Crippen molar-refractivity contribution < 1.29 is 28.6 Å². The highest BCUT2D eigenvalue weighted by atomic mass is 16.6. The number of rotatable bonds is 4. The van der Waals surface area contributed by atoms with Crippen molar-refractivity contribution in [3.8, 4) is 34.0 Å². The zero-order valence-electron chi connectivity index (χ0n) is 35.2. The molecular formula is C51H48N4O6. The van der Waals surface area contributed by atoms with Gasteiger partial charge in [0.1, 0.15) is 30.2 Å². The largest absolute Gasteiger partial charge is 0.474 e. The number of amides is 1. The molecule has 0 bridgehead atoms. The van der Waals surface area contributed by atoms with Crippen molar-refractivity contribution in [3.05, 3.63) is 142 Å². The smallest absolute Gasteiger partial charge is 0.415 e. The molecular weight excluding hydrogens is 765 g/mol. The molecule has 6 aliphatic rings. The lowest BCUT2D eigenvalue weighted by Crippen LogP contribution is -2.42. The van der Waals surface area contributed by atoms with Crippen molar-refractivity contribution in [2.75, 3.05) is 36.5 Å². The highest BCUT2D eigenvalue weighted by Crippen LogP contribution is 2.42. The van der Waals surface area contributed by atoms with Crippen LogP contribution in [0.25, 0.3) is 33.4 Å². The number of hydrogen-bond acceptors (Lipinski definition) is 9. The molecule has 4 aromatic rings. The lowest BCUT2D eigenvalue weighted by atomic mass is 9.95. The second-order valence-electron chi connectivity index (χ2n) is 17.0. The Morgan fingerprint density at radius 1 is 0.754 bits per heavy atom. The lowest BCUT2D eigenvalue weighted by Gasteiger charge is -2.32. The highest BCUT2D eigenvalue weighted by Gasteiger charge is 2.33. The second-order valence-corrected chi connectivity index (χ2v) is 17.0. The molecule has 10 heteroatoms. The van der Waals surface area contributed by atoms with Crippen molar-refractivity contribution in [1.82, 2.24) is 9.97 Å². The van der Waals surface area contributed by atoms with Crippen LogP contribution in [-0.4, -0.2) is 59.5 Å². The molecule has 0 spiro atoms. The molecule has 10 nitrogen and oxygen atoms in total. The molecule has 2 aromatic heterocycles. The Kier molecular flexibility index (Phi) is 10.4. The minimum absolute atomic E-state index is 0.143. The van der Waals surface area contributed by atoms with Gasteiger partial charge in [0.2, 0.25) is 11.8 Å². The van der Waals surface area contributed by atoms with Crippen molar-refractivity contribution >= 4 is 40.2 Å². The van der Waals surface area contributed by atoms with Gasteiger partial charge < -0.3 is 19.5 Å². The third kappa shape index (κ3) is 7.86. The van der Waals surface area contributed by atoms with Crippen LogP contribution < -0.4 is 19.7 Å². The summed E-state index contributed by atoms with van der Waals surface area (Å²) in [7, 11) is 0. The maximum Gasteiger partial charge on any atom is 0.415 e. The average Bonchev–Trinajstić information content (AvgIpc) is 4.07. The Labute approximate surface area is 356 Å². The fourth-order valence-electron chi connectivity index (χ4n) is 8.60. The standard InChI is InChI=1S/C28H28N2O4.C23H20N2O2/c1-17-23(16-29-26-25(17)30(11-12-33-26)27(32)34-28(2,3)4)19-9-10-20-15-24(31)22(21(20)14-19)13-18-7-5-6-8-18;1-14-20(13-25-23-22(14)24-8-9-27-23)16-6-7-17-12-21(26)19(18(17)11-16)10-15-4-2-3-5-15/h5-7,9-10,13-14,16H,8,11-12,15H2,1-4H3;2-4,6-7,10-11,13,24H,5,8-9,12H2,1H3/b22-13-;19-10-. The number of carbonyl (C=O) groups is 3. The summed E-state index contributed by atoms with van der Waals surface area (Å²) >= 11 is 0. The second kappa shape index (κ2) is 16.0. The minimum Gasteiger partial charge on any atom is -0.474 e. The van der Waals surface area contributed by atoms with Crippen LogP contribution in [0.5, 0.6) is 11.8 Å². The number of pyridine rings is 2. The molecule has 0 saturated heterocycles. The predicted octanol–water partition coefficient (Wildman–Crippen LogP) is 9.84. The van der Waals surface area contributed by atoms with E-state index in [1.807, 2.05) is 76.4 Å². The van der Waals surface area contributed by atoms with E-state index in [-0.39, 0.29) is 11.6 Å². The summed E-state index contributed by atoms with van der Waals surface area (Å²) in [4.78, 5) is 48.9. The number of anilines is 2. The fraction of sp³-hybridized carbons (Fsp3) is 0.275. The van der Waals surface area contributed by atoms with E-state index in [1.54, 1.807) is 11.1 Å². The summed E-state index contributed by atoms with van der Waals surface area (Å²) in [5, 5.41) is 3.39. The van der Waals surface area contributed by atoms with Gasteiger partial charge in [-0.1, -0.05) is 60.7 Å². The first-order valence-corrected chi connectivity index (χ1v) is 20.9. The van der Waals surface area contributed by atoms with Gasteiger partial charge in [-0.3, -0.25) is 14.5 Å². The normalized spacial score (nSPS) is 18.3. The third-order valence-electron chi connectivity index (χ3n) is 11.6. The van der Waals surface area contributed by atoms with Gasteiger partial charge >= 0.3 is 6.09 Å². The molecule has 0 atom stereocenters. The van der Waals surface area contributed by atoms with E-state index in [9.17, 15) is 14.4 Å². The molecule has 308 valence electrons. The molecule has 4 heterocycles. The van der Waals surface area contributed by atoms with E-state index >= 15 is 0 Å². The van der Waals surface area contributed by atoms with Crippen LogP contribution in [0.15, 0.2) is 109 Å². The van der Waals surface area contributed by atoms with Gasteiger partial charge in [0.15, 0.2) is 11.6 Å². The number of nitrogens with one attached hydrogen (secondary N) is 1. The molecule has 2 aromatic carbocycles. The Bertz CT molecular complexity index is 2730. The topological polar surface area (TPSA) is 120 Å². The SMILES string of the molecule is Cc1c(-c2ccc3c(c2)/C(=C/C2=CC=CC2)C(=O)C3)cnc2c1N(C(=O)OC(C)(C)C)CCO2.Cc1c(-c2ccc3c(c2)/C(=C/C2=CC=CC2)C(=O)C3)cnc2c1NCCO2. The van der Waals surface area contributed by atoms with Gasteiger partial charge in [0.05, 0.1) is 6.54 Å².